The lowest BCUT2D eigenvalue weighted by molar-refractivity contribution is 1.19. The van der Waals surface area contributed by atoms with Gasteiger partial charge in [0.2, 0.25) is 0 Å². The van der Waals surface area contributed by atoms with Crippen molar-refractivity contribution < 1.29 is 0 Å². The predicted molar refractivity (Wildman–Crippen MR) is 202 cm³/mol. The summed E-state index contributed by atoms with van der Waals surface area (Å²) in [5.41, 5.74) is 6.17. The van der Waals surface area contributed by atoms with Gasteiger partial charge in [-0.15, -0.1) is 0 Å². The Bertz CT molecular complexity index is 3040. The quantitative estimate of drug-likeness (QED) is 0.176. The number of hydrogen-bond acceptors (Lipinski definition) is 0. The van der Waals surface area contributed by atoms with Crippen molar-refractivity contribution in [2.24, 2.45) is 0 Å². The second kappa shape index (κ2) is 9.19. The standard InChI is InChI=1S/C46H27N/c1-3-11-28(12-4-1)31-23-24-35-38(25-31)33-17-7-8-18-34(33)39-26-41-42(27-40(35)39)47(32-15-5-2-6-16-32)46-37-20-10-14-30-22-21-29-13-9-19-36(45(41)46)43(29)44(30)37/h1-27H. The number of aromatic nitrogens is 1. The van der Waals surface area contributed by atoms with Gasteiger partial charge in [0.1, 0.15) is 0 Å². The number of benzene rings is 10. The van der Waals surface area contributed by atoms with Gasteiger partial charge >= 0.3 is 0 Å². The van der Waals surface area contributed by atoms with Crippen LogP contribution in [-0.4, -0.2) is 4.57 Å². The van der Waals surface area contributed by atoms with Crippen LogP contribution in [0.5, 0.6) is 0 Å². The van der Waals surface area contributed by atoms with Crippen molar-refractivity contribution in [3.05, 3.63) is 164 Å². The number of hydrogen-bond donors (Lipinski definition) is 0. The largest absolute Gasteiger partial charge is 0.309 e. The van der Waals surface area contributed by atoms with E-state index in [0.717, 1.165) is 0 Å². The van der Waals surface area contributed by atoms with Gasteiger partial charge in [-0.3, -0.25) is 0 Å². The molecule has 0 unspecified atom stereocenters. The molecule has 0 saturated carbocycles. The molecule has 0 aliphatic heterocycles. The van der Waals surface area contributed by atoms with E-state index in [2.05, 4.69) is 168 Å². The van der Waals surface area contributed by atoms with Gasteiger partial charge in [0.05, 0.1) is 11.0 Å². The number of nitrogens with zero attached hydrogens (tertiary/aromatic N) is 1. The maximum Gasteiger partial charge on any atom is 0.0626 e. The minimum absolute atomic E-state index is 1.18. The van der Waals surface area contributed by atoms with Crippen LogP contribution in [0.1, 0.15) is 0 Å². The van der Waals surface area contributed by atoms with Gasteiger partial charge in [-0.05, 0) is 101 Å². The van der Waals surface area contributed by atoms with E-state index >= 15 is 0 Å². The zero-order valence-electron chi connectivity index (χ0n) is 25.5. The van der Waals surface area contributed by atoms with E-state index in [1.54, 1.807) is 0 Å². The average molecular weight is 594 g/mol. The van der Waals surface area contributed by atoms with Crippen molar-refractivity contribution in [1.29, 1.82) is 0 Å². The van der Waals surface area contributed by atoms with Crippen LogP contribution in [-0.2, 0) is 0 Å². The Hall–Kier alpha value is -6.18. The van der Waals surface area contributed by atoms with Crippen molar-refractivity contribution in [3.8, 4) is 16.8 Å². The highest BCUT2D eigenvalue weighted by Crippen LogP contribution is 2.47. The van der Waals surface area contributed by atoms with Crippen LogP contribution < -0.4 is 0 Å². The lowest BCUT2D eigenvalue weighted by Gasteiger charge is -2.15. The molecule has 0 saturated heterocycles. The fraction of sp³-hybridized carbons (Fsp3) is 0. The number of fused-ring (bicyclic) bond motifs is 11. The third-order valence-electron chi connectivity index (χ3n) is 10.5. The summed E-state index contributed by atoms with van der Waals surface area (Å²) in [5.74, 6) is 0. The van der Waals surface area contributed by atoms with Crippen LogP contribution in [0.4, 0.5) is 0 Å². The van der Waals surface area contributed by atoms with E-state index in [4.69, 9.17) is 0 Å². The fourth-order valence-corrected chi connectivity index (χ4v) is 8.48. The molecule has 10 aromatic carbocycles. The molecule has 0 amide bonds. The van der Waals surface area contributed by atoms with Gasteiger partial charge in [-0.2, -0.15) is 0 Å². The molecule has 1 heterocycles. The summed E-state index contributed by atoms with van der Waals surface area (Å²) in [4.78, 5) is 0. The maximum absolute atomic E-state index is 2.52. The summed E-state index contributed by atoms with van der Waals surface area (Å²) in [6, 6.07) is 60.7. The summed E-state index contributed by atoms with van der Waals surface area (Å²) >= 11 is 0. The van der Waals surface area contributed by atoms with Crippen LogP contribution in [0.25, 0.3) is 103 Å². The molecule has 0 radical (unpaired) electrons. The van der Waals surface area contributed by atoms with Gasteiger partial charge in [0.15, 0.2) is 0 Å². The second-order valence-corrected chi connectivity index (χ2v) is 12.9. The van der Waals surface area contributed by atoms with Crippen molar-refractivity contribution in [2.45, 2.75) is 0 Å². The Morgan fingerprint density at radius 1 is 0.298 bits per heavy atom. The normalized spacial score (nSPS) is 12.3. The first-order chi connectivity index (χ1) is 23.3. The van der Waals surface area contributed by atoms with Gasteiger partial charge in [0.25, 0.3) is 0 Å². The molecule has 11 aromatic rings. The lowest BCUT2D eigenvalue weighted by Crippen LogP contribution is -1.95. The lowest BCUT2D eigenvalue weighted by atomic mass is 9.89. The zero-order chi connectivity index (χ0) is 30.6. The van der Waals surface area contributed by atoms with E-state index in [1.807, 2.05) is 0 Å². The van der Waals surface area contributed by atoms with Crippen molar-refractivity contribution in [1.82, 2.24) is 4.57 Å². The fourth-order valence-electron chi connectivity index (χ4n) is 8.48. The second-order valence-electron chi connectivity index (χ2n) is 12.9. The van der Waals surface area contributed by atoms with E-state index < -0.39 is 0 Å². The van der Waals surface area contributed by atoms with Crippen LogP contribution >= 0.6 is 0 Å². The molecule has 47 heavy (non-hydrogen) atoms. The first-order valence-corrected chi connectivity index (χ1v) is 16.4. The molecule has 1 aromatic heterocycles. The molecule has 1 nitrogen and oxygen atoms in total. The van der Waals surface area contributed by atoms with E-state index in [1.165, 1.54) is 103 Å². The van der Waals surface area contributed by atoms with Gasteiger partial charge in [-0.1, -0.05) is 133 Å². The summed E-state index contributed by atoms with van der Waals surface area (Å²) in [7, 11) is 0. The molecule has 0 aliphatic carbocycles. The Labute approximate surface area is 270 Å². The maximum atomic E-state index is 2.52. The van der Waals surface area contributed by atoms with Crippen molar-refractivity contribution in [3.63, 3.8) is 0 Å². The summed E-state index contributed by atoms with van der Waals surface area (Å²) in [6.07, 6.45) is 0. The number of rotatable bonds is 2. The first kappa shape index (κ1) is 25.1. The predicted octanol–water partition coefficient (Wildman–Crippen LogP) is 12.8. The minimum Gasteiger partial charge on any atom is -0.309 e. The third-order valence-corrected chi connectivity index (χ3v) is 10.5. The van der Waals surface area contributed by atoms with Crippen LogP contribution in [0, 0.1) is 0 Å². The molecule has 11 rings (SSSR count). The smallest absolute Gasteiger partial charge is 0.0626 e. The highest BCUT2D eigenvalue weighted by atomic mass is 15.0. The summed E-state index contributed by atoms with van der Waals surface area (Å²) in [5, 5.41) is 18.3. The topological polar surface area (TPSA) is 4.93 Å². The minimum atomic E-state index is 1.18. The van der Waals surface area contributed by atoms with Gasteiger partial charge < -0.3 is 4.57 Å². The molecule has 0 atom stereocenters. The molecule has 0 fully saturated rings. The van der Waals surface area contributed by atoms with Gasteiger partial charge in [0, 0.05) is 21.8 Å². The van der Waals surface area contributed by atoms with Crippen LogP contribution in [0.2, 0.25) is 0 Å². The molecule has 0 bridgehead atoms. The van der Waals surface area contributed by atoms with Crippen LogP contribution in [0.15, 0.2) is 164 Å². The van der Waals surface area contributed by atoms with Crippen molar-refractivity contribution in [2.75, 3.05) is 0 Å². The highest BCUT2D eigenvalue weighted by Gasteiger charge is 2.22. The third kappa shape index (κ3) is 3.33. The molecular formula is C46H27N. The van der Waals surface area contributed by atoms with E-state index in [9.17, 15) is 0 Å². The van der Waals surface area contributed by atoms with E-state index in [-0.39, 0.29) is 0 Å². The molecular weight excluding hydrogens is 567 g/mol. The summed E-state index contributed by atoms with van der Waals surface area (Å²) < 4.78 is 2.52. The molecule has 0 N–H and O–H groups in total. The Morgan fingerprint density at radius 3 is 1.62 bits per heavy atom. The Morgan fingerprint density at radius 2 is 0.872 bits per heavy atom. The first-order valence-electron chi connectivity index (χ1n) is 16.4. The Kier molecular flexibility index (Phi) is 4.90. The summed E-state index contributed by atoms with van der Waals surface area (Å²) in [6.45, 7) is 0. The molecule has 216 valence electrons. The SMILES string of the molecule is c1ccc(-c2ccc3c(c2)c2ccccc2c2cc4c5c6cccc7ccc8cccc(c8c76)c5n(-c5ccccc5)c4cc32)cc1. The Balaban J connectivity index is 1.40. The molecule has 0 aliphatic rings. The van der Waals surface area contributed by atoms with Crippen LogP contribution in [0.3, 0.4) is 0 Å². The monoisotopic (exact) mass is 593 g/mol. The highest BCUT2D eigenvalue weighted by molar-refractivity contribution is 6.39. The van der Waals surface area contributed by atoms with Crippen molar-refractivity contribution >= 4 is 86.4 Å². The molecule has 1 heteroatoms. The zero-order valence-corrected chi connectivity index (χ0v) is 25.5. The average Bonchev–Trinajstić information content (AvgIpc) is 3.49. The van der Waals surface area contributed by atoms with Gasteiger partial charge in [-0.25, -0.2) is 0 Å². The van der Waals surface area contributed by atoms with E-state index in [0.29, 0.717) is 0 Å². The number of para-hydroxylation sites is 1. The molecule has 0 spiro atoms.